The lowest BCUT2D eigenvalue weighted by molar-refractivity contribution is -0.150. The van der Waals surface area contributed by atoms with Crippen LogP contribution in [0.25, 0.3) is 6.08 Å². The molecule has 0 aromatic heterocycles. The number of rotatable bonds is 4. The third-order valence-electron chi connectivity index (χ3n) is 3.88. The summed E-state index contributed by atoms with van der Waals surface area (Å²) in [6.07, 6.45) is 6.48. The summed E-state index contributed by atoms with van der Waals surface area (Å²) < 4.78 is 0. The van der Waals surface area contributed by atoms with E-state index in [-0.39, 0.29) is 5.91 Å². The van der Waals surface area contributed by atoms with E-state index in [4.69, 9.17) is 0 Å². The van der Waals surface area contributed by atoms with Crippen molar-refractivity contribution in [3.8, 4) is 0 Å². The summed E-state index contributed by atoms with van der Waals surface area (Å²) in [5.41, 5.74) is 2.20. The third kappa shape index (κ3) is 3.94. The monoisotopic (exact) mass is 287 g/mol. The normalized spacial score (nSPS) is 18.9. The van der Waals surface area contributed by atoms with Crippen molar-refractivity contribution in [2.75, 3.05) is 6.54 Å². The number of carboxylic acid groups (broad SMARTS) is 1. The summed E-state index contributed by atoms with van der Waals surface area (Å²) in [7, 11) is 0. The molecule has 1 unspecified atom stereocenters. The second kappa shape index (κ2) is 7.07. The molecule has 0 bridgehead atoms. The summed E-state index contributed by atoms with van der Waals surface area (Å²) in [5.74, 6) is -1.13. The second-order valence-electron chi connectivity index (χ2n) is 5.31. The van der Waals surface area contributed by atoms with Crippen molar-refractivity contribution in [3.63, 3.8) is 0 Å². The molecule has 21 heavy (non-hydrogen) atoms. The van der Waals surface area contributed by atoms with Gasteiger partial charge in [-0.2, -0.15) is 0 Å². The number of benzene rings is 1. The Morgan fingerprint density at radius 2 is 2.00 bits per heavy atom. The highest BCUT2D eigenvalue weighted by atomic mass is 16.4. The summed E-state index contributed by atoms with van der Waals surface area (Å²) >= 11 is 0. The second-order valence-corrected chi connectivity index (χ2v) is 5.31. The number of carbonyl (C=O) groups excluding carboxylic acids is 1. The molecule has 0 aliphatic carbocycles. The fourth-order valence-electron chi connectivity index (χ4n) is 2.58. The lowest BCUT2D eigenvalue weighted by atomic mass is 10.0. The van der Waals surface area contributed by atoms with E-state index in [1.54, 1.807) is 6.08 Å². The van der Waals surface area contributed by atoms with Gasteiger partial charge >= 0.3 is 5.97 Å². The first-order chi connectivity index (χ1) is 10.1. The van der Waals surface area contributed by atoms with Crippen LogP contribution in [0, 0.1) is 0 Å². The number of aryl methyl sites for hydroxylation is 1. The molecular weight excluding hydrogens is 266 g/mol. The van der Waals surface area contributed by atoms with Crippen LogP contribution in [0.3, 0.4) is 0 Å². The Bertz CT molecular complexity index is 533. The Hall–Kier alpha value is -2.10. The van der Waals surface area contributed by atoms with Gasteiger partial charge in [0.1, 0.15) is 6.04 Å². The molecule has 112 valence electrons. The maximum absolute atomic E-state index is 12.2. The molecule has 2 rings (SSSR count). The molecule has 4 heteroatoms. The van der Waals surface area contributed by atoms with Crippen LogP contribution in [0.15, 0.2) is 30.3 Å². The van der Waals surface area contributed by atoms with E-state index in [9.17, 15) is 14.7 Å². The molecule has 1 aliphatic rings. The van der Waals surface area contributed by atoms with Crippen LogP contribution in [0.1, 0.15) is 37.3 Å². The molecule has 1 N–H and O–H groups in total. The lowest BCUT2D eigenvalue weighted by Crippen LogP contribution is -2.47. The molecule has 1 aromatic rings. The van der Waals surface area contributed by atoms with Crippen LogP contribution in [0.2, 0.25) is 0 Å². The number of amides is 1. The van der Waals surface area contributed by atoms with Gasteiger partial charge in [0.25, 0.3) is 0 Å². The van der Waals surface area contributed by atoms with Crippen LogP contribution < -0.4 is 0 Å². The Morgan fingerprint density at radius 3 is 2.62 bits per heavy atom. The average Bonchev–Trinajstić information content (AvgIpc) is 2.53. The van der Waals surface area contributed by atoms with Crippen molar-refractivity contribution in [3.05, 3.63) is 41.5 Å². The van der Waals surface area contributed by atoms with Crippen LogP contribution in [0.5, 0.6) is 0 Å². The summed E-state index contributed by atoms with van der Waals surface area (Å²) in [6.45, 7) is 2.62. The number of hydrogen-bond donors (Lipinski definition) is 1. The topological polar surface area (TPSA) is 57.6 Å². The minimum Gasteiger partial charge on any atom is -0.480 e. The third-order valence-corrected chi connectivity index (χ3v) is 3.88. The molecule has 1 fully saturated rings. The number of piperidine rings is 1. The minimum atomic E-state index is -0.913. The number of nitrogens with zero attached hydrogens (tertiary/aromatic N) is 1. The van der Waals surface area contributed by atoms with Crippen molar-refractivity contribution >= 4 is 18.0 Å². The van der Waals surface area contributed by atoms with Gasteiger partial charge in [-0.15, -0.1) is 0 Å². The quantitative estimate of drug-likeness (QED) is 0.866. The van der Waals surface area contributed by atoms with Crippen LogP contribution in [-0.4, -0.2) is 34.5 Å². The van der Waals surface area contributed by atoms with E-state index in [0.717, 1.165) is 24.8 Å². The number of likely N-dealkylation sites (tertiary alicyclic amines) is 1. The standard InChI is InChI=1S/C17H21NO3/c1-2-13-6-8-14(9-7-13)10-11-16(19)18-12-4-3-5-15(18)17(20)21/h6-11,15H,2-5,12H2,1H3,(H,20,21)/b11-10+. The van der Waals surface area contributed by atoms with E-state index in [1.807, 2.05) is 24.3 Å². The first-order valence-corrected chi connectivity index (χ1v) is 7.42. The van der Waals surface area contributed by atoms with Crippen molar-refractivity contribution in [1.29, 1.82) is 0 Å². The first-order valence-electron chi connectivity index (χ1n) is 7.42. The van der Waals surface area contributed by atoms with Gasteiger partial charge in [0.05, 0.1) is 0 Å². The number of carbonyl (C=O) groups is 2. The first kappa shape index (κ1) is 15.3. The van der Waals surface area contributed by atoms with Gasteiger partial charge in [0.2, 0.25) is 5.91 Å². The van der Waals surface area contributed by atoms with Crippen molar-refractivity contribution < 1.29 is 14.7 Å². The zero-order chi connectivity index (χ0) is 15.2. The van der Waals surface area contributed by atoms with Gasteiger partial charge in [-0.3, -0.25) is 4.79 Å². The summed E-state index contributed by atoms with van der Waals surface area (Å²) in [5, 5.41) is 9.18. The fourth-order valence-corrected chi connectivity index (χ4v) is 2.58. The molecule has 1 aliphatic heterocycles. The molecular formula is C17H21NO3. The number of carboxylic acids is 1. The van der Waals surface area contributed by atoms with Gasteiger partial charge in [-0.05, 0) is 42.9 Å². The predicted octanol–water partition coefficient (Wildman–Crippen LogP) is 2.73. The summed E-state index contributed by atoms with van der Waals surface area (Å²) in [6, 6.07) is 7.32. The molecule has 1 atom stereocenters. The van der Waals surface area contributed by atoms with E-state index in [0.29, 0.717) is 13.0 Å². The maximum Gasteiger partial charge on any atom is 0.326 e. The molecule has 1 aromatic carbocycles. The van der Waals surface area contributed by atoms with Crippen LogP contribution in [-0.2, 0) is 16.0 Å². The molecule has 0 spiro atoms. The molecule has 1 saturated heterocycles. The van der Waals surface area contributed by atoms with E-state index in [2.05, 4.69) is 6.92 Å². The minimum absolute atomic E-state index is 0.221. The molecule has 1 amide bonds. The Labute approximate surface area is 125 Å². The highest BCUT2D eigenvalue weighted by Gasteiger charge is 2.30. The zero-order valence-corrected chi connectivity index (χ0v) is 12.3. The SMILES string of the molecule is CCc1ccc(/C=C/C(=O)N2CCCCC2C(=O)O)cc1. The van der Waals surface area contributed by atoms with Crippen LogP contribution >= 0.6 is 0 Å². The van der Waals surface area contributed by atoms with Crippen molar-refractivity contribution in [1.82, 2.24) is 4.90 Å². The lowest BCUT2D eigenvalue weighted by Gasteiger charge is -2.32. The highest BCUT2D eigenvalue weighted by Crippen LogP contribution is 2.18. The molecule has 0 saturated carbocycles. The van der Waals surface area contributed by atoms with Gasteiger partial charge in [-0.1, -0.05) is 31.2 Å². The fraction of sp³-hybridized carbons (Fsp3) is 0.412. The highest BCUT2D eigenvalue weighted by molar-refractivity contribution is 5.94. The molecule has 1 heterocycles. The smallest absolute Gasteiger partial charge is 0.326 e. The van der Waals surface area contributed by atoms with E-state index < -0.39 is 12.0 Å². The largest absolute Gasteiger partial charge is 0.480 e. The Balaban J connectivity index is 2.04. The van der Waals surface area contributed by atoms with Crippen molar-refractivity contribution in [2.24, 2.45) is 0 Å². The molecule has 0 radical (unpaired) electrons. The Morgan fingerprint density at radius 1 is 1.29 bits per heavy atom. The van der Waals surface area contributed by atoms with E-state index in [1.165, 1.54) is 16.5 Å². The van der Waals surface area contributed by atoms with Crippen LogP contribution in [0.4, 0.5) is 0 Å². The van der Waals surface area contributed by atoms with Gasteiger partial charge < -0.3 is 10.0 Å². The summed E-state index contributed by atoms with van der Waals surface area (Å²) in [4.78, 5) is 24.8. The van der Waals surface area contributed by atoms with Gasteiger partial charge in [0, 0.05) is 12.6 Å². The van der Waals surface area contributed by atoms with Gasteiger partial charge in [0.15, 0.2) is 0 Å². The average molecular weight is 287 g/mol. The molecule has 4 nitrogen and oxygen atoms in total. The number of hydrogen-bond acceptors (Lipinski definition) is 2. The van der Waals surface area contributed by atoms with Crippen molar-refractivity contribution in [2.45, 2.75) is 38.6 Å². The Kier molecular flexibility index (Phi) is 5.14. The zero-order valence-electron chi connectivity index (χ0n) is 12.3. The maximum atomic E-state index is 12.2. The predicted molar refractivity (Wildman–Crippen MR) is 81.8 cm³/mol. The number of aliphatic carboxylic acids is 1. The van der Waals surface area contributed by atoms with Gasteiger partial charge in [-0.25, -0.2) is 4.79 Å². The van der Waals surface area contributed by atoms with E-state index >= 15 is 0 Å².